The van der Waals surface area contributed by atoms with Crippen LogP contribution >= 0.6 is 0 Å². The number of likely N-dealkylation sites (tertiary alicyclic amines) is 1. The molecule has 150 valence electrons. The van der Waals surface area contributed by atoms with Crippen LogP contribution in [0.2, 0.25) is 0 Å². The fourth-order valence-electron chi connectivity index (χ4n) is 4.16. The highest BCUT2D eigenvalue weighted by Gasteiger charge is 2.44. The van der Waals surface area contributed by atoms with Crippen molar-refractivity contribution in [2.75, 3.05) is 27.0 Å². The first-order chi connectivity index (χ1) is 14.2. The molecule has 0 aliphatic carbocycles. The summed E-state index contributed by atoms with van der Waals surface area (Å²) in [5.74, 6) is 2.07. The average molecular weight is 394 g/mol. The van der Waals surface area contributed by atoms with E-state index in [1.807, 2.05) is 29.2 Å². The lowest BCUT2D eigenvalue weighted by molar-refractivity contribution is -0.0618. The zero-order valence-electron chi connectivity index (χ0n) is 16.2. The Morgan fingerprint density at radius 3 is 2.79 bits per heavy atom. The number of fused-ring (bicyclic) bond motifs is 1. The van der Waals surface area contributed by atoms with Crippen molar-refractivity contribution in [3.63, 3.8) is 0 Å². The van der Waals surface area contributed by atoms with Gasteiger partial charge in [0.25, 0.3) is 5.91 Å². The molecule has 2 aromatic carbocycles. The number of hydrogen-bond acceptors (Lipinski definition) is 6. The molecule has 0 radical (unpaired) electrons. The maximum atomic E-state index is 13.1. The highest BCUT2D eigenvalue weighted by Crippen LogP contribution is 2.37. The number of ether oxygens (including phenoxy) is 3. The summed E-state index contributed by atoms with van der Waals surface area (Å²) in [5.41, 5.74) is 2.06. The van der Waals surface area contributed by atoms with Crippen LogP contribution in [0.3, 0.4) is 0 Å². The van der Waals surface area contributed by atoms with E-state index in [9.17, 15) is 4.79 Å². The Bertz CT molecular complexity index is 972. The number of benzene rings is 2. The topological polar surface area (TPSA) is 69.6 Å². The fraction of sp³-hybridized carbons (Fsp3) is 0.364. The highest BCUT2D eigenvalue weighted by molar-refractivity contribution is 6.02. The number of oxime groups is 1. The van der Waals surface area contributed by atoms with E-state index in [0.717, 1.165) is 29.9 Å². The monoisotopic (exact) mass is 394 g/mol. The van der Waals surface area contributed by atoms with Crippen molar-refractivity contribution in [2.24, 2.45) is 5.16 Å². The van der Waals surface area contributed by atoms with Gasteiger partial charge in [0.2, 0.25) is 6.79 Å². The van der Waals surface area contributed by atoms with E-state index in [0.29, 0.717) is 36.6 Å². The molecule has 1 atom stereocenters. The van der Waals surface area contributed by atoms with Gasteiger partial charge in [-0.15, -0.1) is 0 Å². The molecular formula is C22H22N2O5. The smallest absolute Gasteiger partial charge is 0.254 e. The van der Waals surface area contributed by atoms with Crippen molar-refractivity contribution in [1.29, 1.82) is 0 Å². The summed E-state index contributed by atoms with van der Waals surface area (Å²) >= 11 is 0. The fourth-order valence-corrected chi connectivity index (χ4v) is 4.16. The SMILES string of the molecule is COc1ccc(C2=NOC3(CCCN(C(=O)c4ccc5c(c4)OCO5)C3)C2)cc1. The van der Waals surface area contributed by atoms with E-state index in [2.05, 4.69) is 5.16 Å². The van der Waals surface area contributed by atoms with Gasteiger partial charge in [-0.2, -0.15) is 0 Å². The van der Waals surface area contributed by atoms with Gasteiger partial charge in [-0.05, 0) is 60.9 Å². The second-order valence-corrected chi connectivity index (χ2v) is 7.62. The van der Waals surface area contributed by atoms with E-state index in [1.165, 1.54) is 0 Å². The van der Waals surface area contributed by atoms with Crippen LogP contribution in [0.5, 0.6) is 17.2 Å². The van der Waals surface area contributed by atoms with Crippen molar-refractivity contribution in [1.82, 2.24) is 4.90 Å². The summed E-state index contributed by atoms with van der Waals surface area (Å²) in [6.45, 7) is 1.42. The molecule has 1 fully saturated rings. The zero-order valence-corrected chi connectivity index (χ0v) is 16.2. The molecule has 1 spiro atoms. The molecule has 0 bridgehead atoms. The van der Waals surface area contributed by atoms with Crippen LogP contribution in [-0.2, 0) is 4.84 Å². The first-order valence-corrected chi connectivity index (χ1v) is 9.74. The number of nitrogens with zero attached hydrogens (tertiary/aromatic N) is 2. The predicted molar refractivity (Wildman–Crippen MR) is 106 cm³/mol. The van der Waals surface area contributed by atoms with Gasteiger partial charge < -0.3 is 23.9 Å². The molecule has 0 N–H and O–H groups in total. The van der Waals surface area contributed by atoms with Crippen molar-refractivity contribution >= 4 is 11.6 Å². The number of methoxy groups -OCH3 is 1. The third-order valence-electron chi connectivity index (χ3n) is 5.71. The number of hydrogen-bond donors (Lipinski definition) is 0. The lowest BCUT2D eigenvalue weighted by Gasteiger charge is -2.38. The summed E-state index contributed by atoms with van der Waals surface area (Å²) in [6.07, 6.45) is 2.44. The molecule has 7 heteroatoms. The third kappa shape index (κ3) is 3.26. The van der Waals surface area contributed by atoms with Crippen LogP contribution in [0.15, 0.2) is 47.6 Å². The summed E-state index contributed by atoms with van der Waals surface area (Å²) in [7, 11) is 1.65. The number of amides is 1. The average Bonchev–Trinajstić information content (AvgIpc) is 3.40. The van der Waals surface area contributed by atoms with Gasteiger partial charge >= 0.3 is 0 Å². The lowest BCUT2D eigenvalue weighted by atomic mass is 9.86. The standard InChI is InChI=1S/C22H22N2O5/c1-26-17-6-3-15(4-7-17)18-12-22(29-23-18)9-2-10-24(13-22)21(25)16-5-8-19-20(11-16)28-14-27-19/h3-8,11H,2,9-10,12-14H2,1H3. The Labute approximate surface area is 168 Å². The molecule has 1 unspecified atom stereocenters. The number of carbonyl (C=O) groups is 1. The van der Waals surface area contributed by atoms with E-state index < -0.39 is 5.60 Å². The first-order valence-electron chi connectivity index (χ1n) is 9.74. The second kappa shape index (κ2) is 6.99. The third-order valence-corrected chi connectivity index (χ3v) is 5.71. The number of rotatable bonds is 3. The molecule has 0 saturated carbocycles. The van der Waals surface area contributed by atoms with Crippen LogP contribution in [0.25, 0.3) is 0 Å². The van der Waals surface area contributed by atoms with Gasteiger partial charge in [-0.1, -0.05) is 5.16 Å². The van der Waals surface area contributed by atoms with Crippen LogP contribution in [0.4, 0.5) is 0 Å². The number of piperidine rings is 1. The molecule has 3 aliphatic heterocycles. The van der Waals surface area contributed by atoms with Gasteiger partial charge in [0.1, 0.15) is 5.75 Å². The molecule has 3 aliphatic rings. The second-order valence-electron chi connectivity index (χ2n) is 7.62. The highest BCUT2D eigenvalue weighted by atomic mass is 16.7. The minimum absolute atomic E-state index is 0.0242. The van der Waals surface area contributed by atoms with E-state index in [1.54, 1.807) is 25.3 Å². The van der Waals surface area contributed by atoms with Gasteiger partial charge in [-0.3, -0.25) is 4.79 Å². The molecule has 2 aromatic rings. The molecular weight excluding hydrogens is 372 g/mol. The number of carbonyl (C=O) groups excluding carboxylic acids is 1. The summed E-state index contributed by atoms with van der Waals surface area (Å²) in [4.78, 5) is 20.9. The van der Waals surface area contributed by atoms with Crippen LogP contribution in [0, 0.1) is 0 Å². The molecule has 1 saturated heterocycles. The van der Waals surface area contributed by atoms with E-state index >= 15 is 0 Å². The Kier molecular flexibility index (Phi) is 4.30. The van der Waals surface area contributed by atoms with Crippen molar-refractivity contribution in [2.45, 2.75) is 24.9 Å². The first kappa shape index (κ1) is 17.8. The Hall–Kier alpha value is -3.22. The van der Waals surface area contributed by atoms with E-state index in [-0.39, 0.29) is 12.7 Å². The molecule has 3 heterocycles. The van der Waals surface area contributed by atoms with E-state index in [4.69, 9.17) is 19.0 Å². The Morgan fingerprint density at radius 2 is 1.97 bits per heavy atom. The summed E-state index contributed by atoms with van der Waals surface area (Å²) in [6, 6.07) is 13.1. The summed E-state index contributed by atoms with van der Waals surface area (Å²) in [5, 5.41) is 4.35. The maximum Gasteiger partial charge on any atom is 0.254 e. The van der Waals surface area contributed by atoms with Crippen LogP contribution in [-0.4, -0.2) is 49.1 Å². The minimum Gasteiger partial charge on any atom is -0.497 e. The van der Waals surface area contributed by atoms with Crippen molar-refractivity contribution in [3.05, 3.63) is 53.6 Å². The van der Waals surface area contributed by atoms with Crippen molar-refractivity contribution < 1.29 is 23.8 Å². The van der Waals surface area contributed by atoms with Gasteiger partial charge in [0.15, 0.2) is 17.1 Å². The Morgan fingerprint density at radius 1 is 1.14 bits per heavy atom. The van der Waals surface area contributed by atoms with Gasteiger partial charge in [0, 0.05) is 18.5 Å². The zero-order chi connectivity index (χ0) is 19.8. The molecule has 29 heavy (non-hydrogen) atoms. The maximum absolute atomic E-state index is 13.1. The largest absolute Gasteiger partial charge is 0.497 e. The van der Waals surface area contributed by atoms with Crippen LogP contribution < -0.4 is 14.2 Å². The van der Waals surface area contributed by atoms with Crippen molar-refractivity contribution in [3.8, 4) is 17.2 Å². The summed E-state index contributed by atoms with van der Waals surface area (Å²) < 4.78 is 16.0. The Balaban J connectivity index is 1.30. The minimum atomic E-state index is -0.459. The molecule has 5 rings (SSSR count). The molecule has 7 nitrogen and oxygen atoms in total. The van der Waals surface area contributed by atoms with Gasteiger partial charge in [0.05, 0.1) is 19.4 Å². The van der Waals surface area contributed by atoms with Crippen LogP contribution in [0.1, 0.15) is 35.2 Å². The van der Waals surface area contributed by atoms with Gasteiger partial charge in [-0.25, -0.2) is 0 Å². The molecule has 1 amide bonds. The quantitative estimate of drug-likeness (QED) is 0.800. The molecule has 0 aromatic heterocycles. The normalized spacial score (nSPS) is 22.4. The lowest BCUT2D eigenvalue weighted by Crippen LogP contribution is -2.50. The predicted octanol–water partition coefficient (Wildman–Crippen LogP) is 3.22.